The molecule has 0 aliphatic heterocycles. The lowest BCUT2D eigenvalue weighted by Crippen LogP contribution is -2.07. The molecular formula is C14H14N2O3. The lowest BCUT2D eigenvalue weighted by molar-refractivity contribution is 0.103. The Kier molecular flexibility index (Phi) is 3.75. The molecular weight excluding hydrogens is 244 g/mol. The Balaban J connectivity index is 2.48. The van der Waals surface area contributed by atoms with Crippen molar-refractivity contribution in [3.8, 4) is 11.5 Å². The summed E-state index contributed by atoms with van der Waals surface area (Å²) in [5, 5.41) is 0. The van der Waals surface area contributed by atoms with Gasteiger partial charge >= 0.3 is 0 Å². The molecule has 2 rings (SSSR count). The average Bonchev–Trinajstić information content (AvgIpc) is 2.45. The van der Waals surface area contributed by atoms with Crippen molar-refractivity contribution in [1.82, 2.24) is 9.97 Å². The molecule has 0 atom stereocenters. The second kappa shape index (κ2) is 5.48. The summed E-state index contributed by atoms with van der Waals surface area (Å²) in [4.78, 5) is 20.5. The van der Waals surface area contributed by atoms with Crippen molar-refractivity contribution >= 4 is 5.78 Å². The van der Waals surface area contributed by atoms with Crippen LogP contribution in [-0.2, 0) is 0 Å². The Hall–Kier alpha value is -2.43. The highest BCUT2D eigenvalue weighted by Crippen LogP contribution is 2.25. The monoisotopic (exact) mass is 258 g/mol. The maximum atomic E-state index is 12.4. The maximum Gasteiger partial charge on any atom is 0.215 e. The van der Waals surface area contributed by atoms with Crippen LogP contribution in [0.1, 0.15) is 21.9 Å². The molecule has 1 aromatic heterocycles. The largest absolute Gasteiger partial charge is 0.497 e. The molecule has 0 fully saturated rings. The van der Waals surface area contributed by atoms with Crippen LogP contribution in [0.25, 0.3) is 0 Å². The van der Waals surface area contributed by atoms with Gasteiger partial charge in [0.05, 0.1) is 19.8 Å². The van der Waals surface area contributed by atoms with Crippen LogP contribution in [0.5, 0.6) is 11.5 Å². The molecule has 1 aromatic carbocycles. The summed E-state index contributed by atoms with van der Waals surface area (Å²) in [6.45, 7) is 1.74. The Bertz CT molecular complexity index is 611. The molecule has 0 amide bonds. The van der Waals surface area contributed by atoms with Gasteiger partial charge in [-0.05, 0) is 31.2 Å². The molecule has 5 heteroatoms. The third kappa shape index (κ3) is 2.70. The van der Waals surface area contributed by atoms with Gasteiger partial charge in [-0.2, -0.15) is 0 Å². The van der Waals surface area contributed by atoms with E-state index < -0.39 is 0 Å². The highest BCUT2D eigenvalue weighted by atomic mass is 16.5. The van der Waals surface area contributed by atoms with E-state index in [9.17, 15) is 4.79 Å². The van der Waals surface area contributed by atoms with E-state index in [4.69, 9.17) is 9.47 Å². The van der Waals surface area contributed by atoms with E-state index in [0.29, 0.717) is 28.6 Å². The van der Waals surface area contributed by atoms with Crippen molar-refractivity contribution in [2.45, 2.75) is 6.92 Å². The van der Waals surface area contributed by atoms with Crippen molar-refractivity contribution in [3.05, 3.63) is 47.5 Å². The number of rotatable bonds is 4. The van der Waals surface area contributed by atoms with E-state index in [-0.39, 0.29) is 5.78 Å². The zero-order chi connectivity index (χ0) is 13.8. The SMILES string of the molecule is COc1ccc(OC)c(C(=O)c2ccnc(C)n2)c1. The van der Waals surface area contributed by atoms with Crippen LogP contribution in [0, 0.1) is 6.92 Å². The van der Waals surface area contributed by atoms with Gasteiger partial charge in [-0.25, -0.2) is 9.97 Å². The van der Waals surface area contributed by atoms with Gasteiger partial charge in [-0.3, -0.25) is 4.79 Å². The normalized spacial score (nSPS) is 10.1. The van der Waals surface area contributed by atoms with Crippen molar-refractivity contribution in [3.63, 3.8) is 0 Å². The van der Waals surface area contributed by atoms with Gasteiger partial charge in [-0.15, -0.1) is 0 Å². The van der Waals surface area contributed by atoms with E-state index >= 15 is 0 Å². The second-order valence-corrected chi connectivity index (χ2v) is 3.88. The highest BCUT2D eigenvalue weighted by Gasteiger charge is 2.17. The molecule has 0 bridgehead atoms. The lowest BCUT2D eigenvalue weighted by Gasteiger charge is -2.09. The summed E-state index contributed by atoms with van der Waals surface area (Å²) in [5.74, 6) is 1.41. The topological polar surface area (TPSA) is 61.3 Å². The van der Waals surface area contributed by atoms with E-state index in [2.05, 4.69) is 9.97 Å². The minimum atomic E-state index is -0.221. The number of carbonyl (C=O) groups is 1. The van der Waals surface area contributed by atoms with E-state index in [1.165, 1.54) is 7.11 Å². The summed E-state index contributed by atoms with van der Waals surface area (Å²) in [5.41, 5.74) is 0.749. The van der Waals surface area contributed by atoms with Gasteiger partial charge in [0.25, 0.3) is 0 Å². The zero-order valence-corrected chi connectivity index (χ0v) is 11.0. The number of ketones is 1. The molecule has 0 unspecified atom stereocenters. The molecule has 2 aromatic rings. The van der Waals surface area contributed by atoms with Gasteiger partial charge < -0.3 is 9.47 Å². The van der Waals surface area contributed by atoms with Gasteiger partial charge in [0.2, 0.25) is 5.78 Å². The molecule has 0 saturated carbocycles. The van der Waals surface area contributed by atoms with Crippen molar-refractivity contribution in [1.29, 1.82) is 0 Å². The first-order valence-corrected chi connectivity index (χ1v) is 5.72. The molecule has 5 nitrogen and oxygen atoms in total. The minimum Gasteiger partial charge on any atom is -0.497 e. The first-order valence-electron chi connectivity index (χ1n) is 5.72. The number of nitrogens with zero attached hydrogens (tertiary/aromatic N) is 2. The number of hydrogen-bond acceptors (Lipinski definition) is 5. The molecule has 19 heavy (non-hydrogen) atoms. The fourth-order valence-electron chi connectivity index (χ4n) is 1.71. The standard InChI is InChI=1S/C14H14N2O3/c1-9-15-7-6-12(16-9)14(17)11-8-10(18-2)4-5-13(11)19-3/h4-8H,1-3H3. The van der Waals surface area contributed by atoms with Crippen LogP contribution in [0.3, 0.4) is 0 Å². The number of ether oxygens (including phenoxy) is 2. The molecule has 0 radical (unpaired) electrons. The first-order chi connectivity index (χ1) is 9.15. The third-order valence-corrected chi connectivity index (χ3v) is 2.66. The predicted molar refractivity (Wildman–Crippen MR) is 69.7 cm³/mol. The zero-order valence-electron chi connectivity index (χ0n) is 11.0. The van der Waals surface area contributed by atoms with Crippen molar-refractivity contribution in [2.75, 3.05) is 14.2 Å². The Labute approximate surface area is 111 Å². The van der Waals surface area contributed by atoms with Crippen LogP contribution in [0.15, 0.2) is 30.5 Å². The van der Waals surface area contributed by atoms with Crippen molar-refractivity contribution < 1.29 is 14.3 Å². The first kappa shape index (κ1) is 13.0. The highest BCUT2D eigenvalue weighted by molar-refractivity contribution is 6.09. The van der Waals surface area contributed by atoms with Crippen LogP contribution in [0.4, 0.5) is 0 Å². The van der Waals surface area contributed by atoms with E-state index in [0.717, 1.165) is 0 Å². The van der Waals surface area contributed by atoms with Crippen LogP contribution < -0.4 is 9.47 Å². The minimum absolute atomic E-state index is 0.221. The quantitative estimate of drug-likeness (QED) is 0.785. The van der Waals surface area contributed by atoms with Gasteiger partial charge in [0.1, 0.15) is 23.0 Å². The number of carbonyl (C=O) groups excluding carboxylic acids is 1. The van der Waals surface area contributed by atoms with Gasteiger partial charge in [-0.1, -0.05) is 0 Å². The van der Waals surface area contributed by atoms with Crippen LogP contribution in [0.2, 0.25) is 0 Å². The number of methoxy groups -OCH3 is 2. The van der Waals surface area contributed by atoms with Crippen molar-refractivity contribution in [2.24, 2.45) is 0 Å². The number of aryl methyl sites for hydroxylation is 1. The summed E-state index contributed by atoms with van der Waals surface area (Å²) in [6, 6.07) is 6.65. The third-order valence-electron chi connectivity index (χ3n) is 2.66. The molecule has 0 aliphatic rings. The number of hydrogen-bond donors (Lipinski definition) is 0. The molecule has 0 aliphatic carbocycles. The predicted octanol–water partition coefficient (Wildman–Crippen LogP) is 2.03. The fourth-order valence-corrected chi connectivity index (χ4v) is 1.71. The lowest BCUT2D eigenvalue weighted by atomic mass is 10.1. The second-order valence-electron chi connectivity index (χ2n) is 3.88. The maximum absolute atomic E-state index is 12.4. The fraction of sp³-hybridized carbons (Fsp3) is 0.214. The summed E-state index contributed by atoms with van der Waals surface area (Å²) in [6.07, 6.45) is 1.56. The average molecular weight is 258 g/mol. The Morgan fingerprint density at radius 2 is 1.95 bits per heavy atom. The van der Waals surface area contributed by atoms with Crippen LogP contribution >= 0.6 is 0 Å². The van der Waals surface area contributed by atoms with Crippen LogP contribution in [-0.4, -0.2) is 30.0 Å². The smallest absolute Gasteiger partial charge is 0.215 e. The molecule has 98 valence electrons. The molecule has 0 saturated heterocycles. The number of aromatic nitrogens is 2. The van der Waals surface area contributed by atoms with Gasteiger partial charge in [0.15, 0.2) is 0 Å². The van der Waals surface area contributed by atoms with E-state index in [1.807, 2.05) is 0 Å². The molecule has 0 spiro atoms. The summed E-state index contributed by atoms with van der Waals surface area (Å²) in [7, 11) is 3.06. The molecule has 0 N–H and O–H groups in total. The summed E-state index contributed by atoms with van der Waals surface area (Å²) >= 11 is 0. The number of benzene rings is 1. The van der Waals surface area contributed by atoms with E-state index in [1.54, 1.807) is 44.5 Å². The Morgan fingerprint density at radius 3 is 2.58 bits per heavy atom. The summed E-state index contributed by atoms with van der Waals surface area (Å²) < 4.78 is 10.3. The van der Waals surface area contributed by atoms with Gasteiger partial charge in [0, 0.05) is 6.20 Å². The Morgan fingerprint density at radius 1 is 1.16 bits per heavy atom. The molecule has 1 heterocycles.